The lowest BCUT2D eigenvalue weighted by Gasteiger charge is -2.39. The molecule has 4 rings (SSSR count). The third-order valence-corrected chi connectivity index (χ3v) is 7.65. The molecule has 11 heteroatoms. The van der Waals surface area contributed by atoms with Crippen molar-refractivity contribution >= 4 is 22.7 Å². The summed E-state index contributed by atoms with van der Waals surface area (Å²) in [4.78, 5) is 13.1. The first-order valence-electron chi connectivity index (χ1n) is 11.9. The molecule has 3 heterocycles. The van der Waals surface area contributed by atoms with Gasteiger partial charge in [0.05, 0.1) is 11.4 Å². The second-order valence-electron chi connectivity index (χ2n) is 9.83. The summed E-state index contributed by atoms with van der Waals surface area (Å²) in [7, 11) is 0. The molecule has 8 nitrogen and oxygen atoms in total. The SMILES string of the molecule is CC(C)Nc1nc2c(nc1N1CCC(Oc3ccc(F)cc3F)CC1)CCN(C(C)(C)S(=O)O)C2. The number of fused-ring (bicyclic) bond motifs is 1. The van der Waals surface area contributed by atoms with E-state index < -0.39 is 27.6 Å². The van der Waals surface area contributed by atoms with E-state index in [0.717, 1.165) is 23.3 Å². The van der Waals surface area contributed by atoms with Gasteiger partial charge in [-0.25, -0.2) is 23.0 Å². The van der Waals surface area contributed by atoms with Crippen LogP contribution < -0.4 is 15.0 Å². The Morgan fingerprint density at radius 2 is 1.89 bits per heavy atom. The van der Waals surface area contributed by atoms with Crippen LogP contribution in [-0.2, 0) is 24.0 Å². The highest BCUT2D eigenvalue weighted by molar-refractivity contribution is 7.80. The van der Waals surface area contributed by atoms with Crippen LogP contribution in [0.4, 0.5) is 20.4 Å². The van der Waals surface area contributed by atoms with E-state index in [1.54, 1.807) is 13.8 Å². The Morgan fingerprint density at radius 3 is 2.51 bits per heavy atom. The molecule has 1 saturated heterocycles. The highest BCUT2D eigenvalue weighted by atomic mass is 32.2. The third kappa shape index (κ3) is 5.73. The Hall–Kier alpha value is -2.37. The number of rotatable bonds is 7. The molecule has 35 heavy (non-hydrogen) atoms. The molecule has 1 atom stereocenters. The lowest BCUT2D eigenvalue weighted by Crippen LogP contribution is -2.49. The molecule has 0 radical (unpaired) electrons. The normalized spacial score (nSPS) is 18.5. The lowest BCUT2D eigenvalue weighted by atomic mass is 10.1. The summed E-state index contributed by atoms with van der Waals surface area (Å²) in [6.45, 7) is 9.98. The minimum Gasteiger partial charge on any atom is -0.487 e. The standard InChI is InChI=1S/C24H33F2N5O3S/c1-15(2)27-22-23(29-19-9-12-31(14-20(19)28-22)24(3,4)35(32)33)30-10-7-17(8-11-30)34-21-6-5-16(25)13-18(21)26/h5-6,13,15,17H,7-12,14H2,1-4H3,(H,27,28)(H,32,33). The summed E-state index contributed by atoms with van der Waals surface area (Å²) in [6.07, 6.45) is 1.80. The highest BCUT2D eigenvalue weighted by Crippen LogP contribution is 2.32. The quantitative estimate of drug-likeness (QED) is 0.543. The first-order chi connectivity index (χ1) is 16.5. The molecule has 0 amide bonds. The number of aromatic nitrogens is 2. The van der Waals surface area contributed by atoms with Crippen LogP contribution in [0.15, 0.2) is 18.2 Å². The molecule has 1 aromatic carbocycles. The molecule has 1 aromatic heterocycles. The molecule has 0 aliphatic carbocycles. The fourth-order valence-corrected chi connectivity index (χ4v) is 4.80. The molecule has 1 fully saturated rings. The zero-order valence-electron chi connectivity index (χ0n) is 20.6. The van der Waals surface area contributed by atoms with Gasteiger partial charge in [-0.2, -0.15) is 0 Å². The summed E-state index contributed by atoms with van der Waals surface area (Å²) in [6, 6.07) is 3.50. The van der Waals surface area contributed by atoms with Gasteiger partial charge >= 0.3 is 0 Å². The van der Waals surface area contributed by atoms with Crippen molar-refractivity contribution in [1.29, 1.82) is 0 Å². The molecule has 0 bridgehead atoms. The van der Waals surface area contributed by atoms with Gasteiger partial charge in [-0.3, -0.25) is 4.90 Å². The number of halogens is 2. The largest absolute Gasteiger partial charge is 0.487 e. The summed E-state index contributed by atoms with van der Waals surface area (Å²) in [5.74, 6) is 0.211. The smallest absolute Gasteiger partial charge is 0.173 e. The van der Waals surface area contributed by atoms with Crippen molar-refractivity contribution in [2.45, 2.75) is 70.5 Å². The summed E-state index contributed by atoms with van der Waals surface area (Å²) in [5, 5.41) is 3.40. The fraction of sp³-hybridized carbons (Fsp3) is 0.583. The molecule has 0 saturated carbocycles. The van der Waals surface area contributed by atoms with Crippen molar-refractivity contribution in [1.82, 2.24) is 14.9 Å². The van der Waals surface area contributed by atoms with Crippen molar-refractivity contribution < 1.29 is 22.3 Å². The van der Waals surface area contributed by atoms with Crippen LogP contribution in [0.5, 0.6) is 5.75 Å². The predicted octanol–water partition coefficient (Wildman–Crippen LogP) is 3.94. The minimum absolute atomic E-state index is 0.0666. The number of hydrogen-bond donors (Lipinski definition) is 2. The van der Waals surface area contributed by atoms with E-state index in [0.29, 0.717) is 51.3 Å². The Balaban J connectivity index is 1.50. The lowest BCUT2D eigenvalue weighted by molar-refractivity contribution is 0.161. The van der Waals surface area contributed by atoms with Gasteiger partial charge in [0, 0.05) is 57.5 Å². The van der Waals surface area contributed by atoms with Crippen LogP contribution in [-0.4, -0.2) is 60.3 Å². The van der Waals surface area contributed by atoms with Crippen molar-refractivity contribution in [3.8, 4) is 5.75 Å². The van der Waals surface area contributed by atoms with Gasteiger partial charge < -0.3 is 19.5 Å². The van der Waals surface area contributed by atoms with E-state index in [1.807, 2.05) is 18.7 Å². The van der Waals surface area contributed by atoms with E-state index in [1.165, 1.54) is 12.1 Å². The molecule has 1 unspecified atom stereocenters. The first kappa shape index (κ1) is 25.7. The van der Waals surface area contributed by atoms with Crippen LogP contribution in [0, 0.1) is 11.6 Å². The molecule has 2 aliphatic heterocycles. The van der Waals surface area contributed by atoms with E-state index in [4.69, 9.17) is 14.7 Å². The number of nitrogens with one attached hydrogen (secondary N) is 1. The van der Waals surface area contributed by atoms with Crippen LogP contribution >= 0.6 is 0 Å². The molecule has 2 aliphatic rings. The van der Waals surface area contributed by atoms with Crippen LogP contribution in [0.2, 0.25) is 0 Å². The number of piperidine rings is 1. The Kier molecular flexibility index (Phi) is 7.58. The van der Waals surface area contributed by atoms with Gasteiger partial charge in [0.1, 0.15) is 16.8 Å². The topological polar surface area (TPSA) is 90.8 Å². The number of hydrogen-bond acceptors (Lipinski definition) is 7. The van der Waals surface area contributed by atoms with Crippen molar-refractivity contribution in [2.75, 3.05) is 29.9 Å². The molecular weight excluding hydrogens is 476 g/mol. The molecule has 2 aromatic rings. The molecule has 0 spiro atoms. The summed E-state index contributed by atoms with van der Waals surface area (Å²) >= 11 is -1.99. The maximum absolute atomic E-state index is 14.0. The molecular formula is C24H33F2N5O3S. The maximum atomic E-state index is 14.0. The Morgan fingerprint density at radius 1 is 1.17 bits per heavy atom. The van der Waals surface area contributed by atoms with Crippen LogP contribution in [0.1, 0.15) is 51.9 Å². The van der Waals surface area contributed by atoms with Gasteiger partial charge in [0.15, 0.2) is 34.3 Å². The van der Waals surface area contributed by atoms with Gasteiger partial charge in [0.2, 0.25) is 0 Å². The number of anilines is 2. The van der Waals surface area contributed by atoms with E-state index in [2.05, 4.69) is 10.2 Å². The van der Waals surface area contributed by atoms with Crippen LogP contribution in [0.25, 0.3) is 0 Å². The highest BCUT2D eigenvalue weighted by Gasteiger charge is 2.36. The summed E-state index contributed by atoms with van der Waals surface area (Å²) in [5.41, 5.74) is 1.71. The summed E-state index contributed by atoms with van der Waals surface area (Å²) < 4.78 is 54.6. The fourth-order valence-electron chi connectivity index (χ4n) is 4.42. The van der Waals surface area contributed by atoms with Crippen molar-refractivity contribution in [3.63, 3.8) is 0 Å². The Labute approximate surface area is 207 Å². The second-order valence-corrected chi connectivity index (χ2v) is 11.3. The predicted molar refractivity (Wildman–Crippen MR) is 132 cm³/mol. The number of benzene rings is 1. The number of ether oxygens (including phenoxy) is 1. The van der Waals surface area contributed by atoms with Gasteiger partial charge in [-0.15, -0.1) is 0 Å². The minimum atomic E-state index is -1.99. The third-order valence-electron chi connectivity index (χ3n) is 6.54. The maximum Gasteiger partial charge on any atom is 0.173 e. The number of nitrogens with zero attached hydrogens (tertiary/aromatic N) is 4. The van der Waals surface area contributed by atoms with Crippen LogP contribution in [0.3, 0.4) is 0 Å². The molecule has 192 valence electrons. The zero-order valence-corrected chi connectivity index (χ0v) is 21.4. The van der Waals surface area contributed by atoms with E-state index in [-0.39, 0.29) is 17.9 Å². The second kappa shape index (κ2) is 10.3. The average Bonchev–Trinajstić information content (AvgIpc) is 2.80. The zero-order chi connectivity index (χ0) is 25.3. The van der Waals surface area contributed by atoms with Crippen molar-refractivity contribution in [2.24, 2.45) is 0 Å². The van der Waals surface area contributed by atoms with E-state index >= 15 is 0 Å². The van der Waals surface area contributed by atoms with Gasteiger partial charge in [-0.1, -0.05) is 0 Å². The monoisotopic (exact) mass is 509 g/mol. The van der Waals surface area contributed by atoms with E-state index in [9.17, 15) is 17.5 Å². The first-order valence-corrected chi connectivity index (χ1v) is 13.0. The molecule has 2 N–H and O–H groups in total. The van der Waals surface area contributed by atoms with Gasteiger partial charge in [-0.05, 0) is 39.8 Å². The van der Waals surface area contributed by atoms with Crippen molar-refractivity contribution in [3.05, 3.63) is 41.2 Å². The average molecular weight is 510 g/mol. The van der Waals surface area contributed by atoms with Gasteiger partial charge in [0.25, 0.3) is 0 Å². The Bertz CT molecular complexity index is 1090.